The first-order chi connectivity index (χ1) is 11.0. The summed E-state index contributed by atoms with van der Waals surface area (Å²) >= 11 is 0. The standard InChI is InChI=1S/C16H32O2.C3H8O2/c1-2-3-4-5-6-7-8-9-10-11-12-13-14-15-16(17)18;1-3(5)2-4/h2-15H2,1H3,(H,17,18);3-5H,2H2,1H3/p-1. The van der Waals surface area contributed by atoms with Gasteiger partial charge in [-0.15, -0.1) is 0 Å². The van der Waals surface area contributed by atoms with Crippen LogP contribution in [0.25, 0.3) is 0 Å². The summed E-state index contributed by atoms with van der Waals surface area (Å²) in [7, 11) is 0. The van der Waals surface area contributed by atoms with Crippen LogP contribution in [-0.4, -0.2) is 28.9 Å². The van der Waals surface area contributed by atoms with Gasteiger partial charge in [0.25, 0.3) is 0 Å². The zero-order valence-corrected chi connectivity index (χ0v) is 15.4. The van der Waals surface area contributed by atoms with Gasteiger partial charge in [0.2, 0.25) is 0 Å². The van der Waals surface area contributed by atoms with Crippen LogP contribution in [0.1, 0.15) is 104 Å². The molecule has 1 atom stereocenters. The van der Waals surface area contributed by atoms with Crippen LogP contribution in [-0.2, 0) is 4.79 Å². The van der Waals surface area contributed by atoms with Crippen molar-refractivity contribution in [1.82, 2.24) is 0 Å². The highest BCUT2D eigenvalue weighted by atomic mass is 16.4. The van der Waals surface area contributed by atoms with E-state index in [1.807, 2.05) is 0 Å². The van der Waals surface area contributed by atoms with Crippen LogP contribution >= 0.6 is 0 Å². The summed E-state index contributed by atoms with van der Waals surface area (Å²) in [5, 5.41) is 26.2. The number of aliphatic carboxylic acids is 1. The zero-order valence-electron chi connectivity index (χ0n) is 15.4. The fourth-order valence-electron chi connectivity index (χ4n) is 2.29. The second kappa shape index (κ2) is 21.4. The number of carboxylic acids is 1. The Bertz CT molecular complexity index is 229. The lowest BCUT2D eigenvalue weighted by Crippen LogP contribution is -2.21. The minimum atomic E-state index is -0.905. The lowest BCUT2D eigenvalue weighted by atomic mass is 10.0. The van der Waals surface area contributed by atoms with Crippen LogP contribution in [0.3, 0.4) is 0 Å². The first-order valence-corrected chi connectivity index (χ1v) is 9.53. The van der Waals surface area contributed by atoms with Crippen LogP contribution in [0.15, 0.2) is 0 Å². The van der Waals surface area contributed by atoms with Crippen molar-refractivity contribution >= 4 is 5.97 Å². The zero-order chi connectivity index (χ0) is 17.8. The quantitative estimate of drug-likeness (QED) is 0.449. The number of carbonyl (C=O) groups is 1. The molecule has 0 spiro atoms. The number of hydrogen-bond acceptors (Lipinski definition) is 4. The number of unbranched alkanes of at least 4 members (excludes halogenated alkanes) is 12. The lowest BCUT2D eigenvalue weighted by molar-refractivity contribution is -0.305. The number of rotatable bonds is 15. The third kappa shape index (κ3) is 29.9. The molecule has 0 aromatic heterocycles. The highest BCUT2D eigenvalue weighted by Crippen LogP contribution is 2.12. The van der Waals surface area contributed by atoms with Gasteiger partial charge in [-0.05, 0) is 19.8 Å². The molecule has 0 saturated heterocycles. The summed E-state index contributed by atoms with van der Waals surface area (Å²) in [4.78, 5) is 10.2. The van der Waals surface area contributed by atoms with Gasteiger partial charge >= 0.3 is 0 Å². The molecule has 0 aromatic carbocycles. The van der Waals surface area contributed by atoms with Gasteiger partial charge in [-0.2, -0.15) is 0 Å². The molecule has 2 N–H and O–H groups in total. The summed E-state index contributed by atoms with van der Waals surface area (Å²) in [5.41, 5.74) is 0. The topological polar surface area (TPSA) is 80.6 Å². The smallest absolute Gasteiger partial charge is 0.0742 e. The summed E-state index contributed by atoms with van der Waals surface area (Å²) in [6.45, 7) is 3.65. The maximum absolute atomic E-state index is 10.2. The third-order valence-corrected chi connectivity index (χ3v) is 3.75. The van der Waals surface area contributed by atoms with Crippen molar-refractivity contribution in [3.63, 3.8) is 0 Å². The van der Waals surface area contributed by atoms with Crippen molar-refractivity contribution in [2.24, 2.45) is 0 Å². The molecule has 0 rings (SSSR count). The van der Waals surface area contributed by atoms with Gasteiger partial charge < -0.3 is 20.1 Å². The molecule has 4 nitrogen and oxygen atoms in total. The van der Waals surface area contributed by atoms with Gasteiger partial charge in [-0.25, -0.2) is 0 Å². The van der Waals surface area contributed by atoms with E-state index in [-0.39, 0.29) is 13.0 Å². The van der Waals surface area contributed by atoms with Crippen molar-refractivity contribution in [3.05, 3.63) is 0 Å². The van der Waals surface area contributed by atoms with E-state index in [1.54, 1.807) is 0 Å². The monoisotopic (exact) mass is 331 g/mol. The van der Waals surface area contributed by atoms with E-state index in [4.69, 9.17) is 10.2 Å². The molecule has 0 aliphatic rings. The molecule has 0 aromatic rings. The second-order valence-electron chi connectivity index (χ2n) is 6.40. The minimum absolute atomic E-state index is 0.139. The first-order valence-electron chi connectivity index (χ1n) is 9.53. The molecule has 0 saturated carbocycles. The average Bonchev–Trinajstić information content (AvgIpc) is 2.52. The summed E-state index contributed by atoms with van der Waals surface area (Å²) < 4.78 is 0. The lowest BCUT2D eigenvalue weighted by Gasteiger charge is -2.03. The van der Waals surface area contributed by atoms with E-state index in [9.17, 15) is 9.90 Å². The normalized spacial score (nSPS) is 11.7. The molecule has 4 heteroatoms. The highest BCUT2D eigenvalue weighted by molar-refractivity contribution is 5.63. The third-order valence-electron chi connectivity index (χ3n) is 3.75. The first kappa shape index (κ1) is 24.6. The predicted molar refractivity (Wildman–Crippen MR) is 94.1 cm³/mol. The van der Waals surface area contributed by atoms with Crippen LogP contribution in [0.5, 0.6) is 0 Å². The van der Waals surface area contributed by atoms with Gasteiger partial charge in [-0.1, -0.05) is 84.0 Å². The molecule has 23 heavy (non-hydrogen) atoms. The number of carbonyl (C=O) groups excluding carboxylic acids is 1. The summed E-state index contributed by atoms with van der Waals surface area (Å²) in [6.07, 6.45) is 16.4. The molecule has 0 heterocycles. The molecule has 0 fully saturated rings. The number of hydrogen-bond donors (Lipinski definition) is 2. The molecular formula is C19H39O4-. The molecule has 0 amide bonds. The Morgan fingerprint density at radius 1 is 0.826 bits per heavy atom. The van der Waals surface area contributed by atoms with Gasteiger partial charge in [0.1, 0.15) is 0 Å². The molecule has 1 unspecified atom stereocenters. The maximum atomic E-state index is 10.2. The van der Waals surface area contributed by atoms with Crippen LogP contribution in [0, 0.1) is 0 Å². The van der Waals surface area contributed by atoms with E-state index in [2.05, 4.69) is 6.92 Å². The van der Waals surface area contributed by atoms with Crippen molar-refractivity contribution < 1.29 is 20.1 Å². The SMILES string of the molecule is CC(O)CO.CCCCCCCCCCCCCCCC(=O)[O-]. The average molecular weight is 332 g/mol. The Labute approximate surface area is 143 Å². The van der Waals surface area contributed by atoms with Crippen LogP contribution in [0.2, 0.25) is 0 Å². The van der Waals surface area contributed by atoms with Crippen molar-refractivity contribution in [2.45, 2.75) is 110 Å². The Kier molecular flexibility index (Phi) is 22.9. The molecule has 0 aliphatic carbocycles. The maximum Gasteiger partial charge on any atom is 0.0742 e. The Morgan fingerprint density at radius 2 is 1.13 bits per heavy atom. The molecule has 0 bridgehead atoms. The minimum Gasteiger partial charge on any atom is -0.550 e. The van der Waals surface area contributed by atoms with E-state index >= 15 is 0 Å². The molecule has 0 aliphatic heterocycles. The van der Waals surface area contributed by atoms with Gasteiger partial charge in [0.05, 0.1) is 12.7 Å². The Hall–Kier alpha value is -0.610. The largest absolute Gasteiger partial charge is 0.550 e. The molecule has 140 valence electrons. The van der Waals surface area contributed by atoms with Crippen LogP contribution < -0.4 is 5.11 Å². The fourth-order valence-corrected chi connectivity index (χ4v) is 2.29. The van der Waals surface area contributed by atoms with E-state index < -0.39 is 12.1 Å². The summed E-state index contributed by atoms with van der Waals surface area (Å²) in [5.74, 6) is -0.905. The van der Waals surface area contributed by atoms with E-state index in [0.717, 1.165) is 12.8 Å². The number of carboxylic acid groups (broad SMARTS) is 1. The predicted octanol–water partition coefficient (Wildman–Crippen LogP) is 3.58. The van der Waals surface area contributed by atoms with Crippen molar-refractivity contribution in [1.29, 1.82) is 0 Å². The Balaban J connectivity index is 0. The molecule has 0 radical (unpaired) electrons. The molecular weight excluding hydrogens is 292 g/mol. The van der Waals surface area contributed by atoms with Crippen molar-refractivity contribution in [3.8, 4) is 0 Å². The van der Waals surface area contributed by atoms with Gasteiger partial charge in [0, 0.05) is 5.97 Å². The van der Waals surface area contributed by atoms with E-state index in [0.29, 0.717) is 0 Å². The Morgan fingerprint density at radius 3 is 1.39 bits per heavy atom. The van der Waals surface area contributed by atoms with Gasteiger partial charge in [-0.3, -0.25) is 0 Å². The van der Waals surface area contributed by atoms with E-state index in [1.165, 1.54) is 77.6 Å². The van der Waals surface area contributed by atoms with Crippen molar-refractivity contribution in [2.75, 3.05) is 6.61 Å². The highest BCUT2D eigenvalue weighted by Gasteiger charge is 1.93. The van der Waals surface area contributed by atoms with Gasteiger partial charge in [0.15, 0.2) is 0 Å². The summed E-state index contributed by atoms with van der Waals surface area (Å²) in [6, 6.07) is 0. The number of aliphatic hydroxyl groups excluding tert-OH is 2. The second-order valence-corrected chi connectivity index (χ2v) is 6.40. The fraction of sp³-hybridized carbons (Fsp3) is 0.947. The van der Waals surface area contributed by atoms with Crippen LogP contribution in [0.4, 0.5) is 0 Å². The number of aliphatic hydroxyl groups is 2.